The Morgan fingerprint density at radius 2 is 2.00 bits per heavy atom. The second-order valence-electron chi connectivity index (χ2n) is 7.82. The summed E-state index contributed by atoms with van der Waals surface area (Å²) in [5, 5.41) is 3.70. The van der Waals surface area contributed by atoms with Gasteiger partial charge in [-0.25, -0.2) is 0 Å². The standard InChI is InChI=1S/C22H35N3OS.HI/c1-4-18-16-25(13-10-20(18)19-8-6-5-7-9-19)21(23-2)24-17-22(27-3)11-14-26-15-12-22;/h5-9,18,20H,4,10-17H2,1-3H3,(H,23,24);1H. The molecule has 158 valence electrons. The number of aliphatic imine (C=N–C) groups is 1. The minimum Gasteiger partial charge on any atom is -0.381 e. The maximum Gasteiger partial charge on any atom is 0.193 e. The first-order valence-electron chi connectivity index (χ1n) is 10.3. The Balaban J connectivity index is 0.00000280. The van der Waals surface area contributed by atoms with Crippen LogP contribution < -0.4 is 5.32 Å². The molecule has 0 aromatic heterocycles. The molecule has 2 heterocycles. The first kappa shape index (κ1) is 23.8. The lowest BCUT2D eigenvalue weighted by Gasteiger charge is -2.41. The third-order valence-electron chi connectivity index (χ3n) is 6.40. The summed E-state index contributed by atoms with van der Waals surface area (Å²) in [6.07, 6.45) is 6.87. The molecule has 1 aromatic rings. The van der Waals surface area contributed by atoms with Gasteiger partial charge in [0.05, 0.1) is 0 Å². The van der Waals surface area contributed by atoms with E-state index < -0.39 is 0 Å². The summed E-state index contributed by atoms with van der Waals surface area (Å²) in [5.74, 6) is 2.41. The van der Waals surface area contributed by atoms with Crippen LogP contribution in [0.5, 0.6) is 0 Å². The summed E-state index contributed by atoms with van der Waals surface area (Å²) in [4.78, 5) is 7.09. The molecule has 0 saturated carbocycles. The predicted octanol–water partition coefficient (Wildman–Crippen LogP) is 4.61. The Morgan fingerprint density at radius 1 is 1.29 bits per heavy atom. The first-order chi connectivity index (χ1) is 13.2. The minimum absolute atomic E-state index is 0. The number of nitrogens with one attached hydrogen (secondary N) is 1. The lowest BCUT2D eigenvalue weighted by molar-refractivity contribution is 0.0780. The van der Waals surface area contributed by atoms with Crippen molar-refractivity contribution in [2.45, 2.75) is 43.3 Å². The predicted molar refractivity (Wildman–Crippen MR) is 132 cm³/mol. The molecule has 0 amide bonds. The van der Waals surface area contributed by atoms with Gasteiger partial charge in [-0.3, -0.25) is 4.99 Å². The van der Waals surface area contributed by atoms with E-state index in [0.29, 0.717) is 11.8 Å². The topological polar surface area (TPSA) is 36.9 Å². The summed E-state index contributed by atoms with van der Waals surface area (Å²) in [5.41, 5.74) is 1.50. The normalized spacial score (nSPS) is 25.1. The molecule has 2 atom stereocenters. The van der Waals surface area contributed by atoms with E-state index >= 15 is 0 Å². The van der Waals surface area contributed by atoms with Crippen LogP contribution in [-0.4, -0.2) is 61.8 Å². The van der Waals surface area contributed by atoms with Crippen molar-refractivity contribution in [3.05, 3.63) is 35.9 Å². The molecule has 2 saturated heterocycles. The Morgan fingerprint density at radius 3 is 2.61 bits per heavy atom. The molecule has 1 N–H and O–H groups in total. The summed E-state index contributed by atoms with van der Waals surface area (Å²) in [6, 6.07) is 11.0. The molecular weight excluding hydrogens is 481 g/mol. The van der Waals surface area contributed by atoms with Gasteiger partial charge < -0.3 is 15.0 Å². The molecule has 1 aromatic carbocycles. The van der Waals surface area contributed by atoms with Gasteiger partial charge in [0.15, 0.2) is 5.96 Å². The monoisotopic (exact) mass is 517 g/mol. The molecule has 0 spiro atoms. The van der Waals surface area contributed by atoms with Crippen LogP contribution in [0.4, 0.5) is 0 Å². The molecule has 2 fully saturated rings. The van der Waals surface area contributed by atoms with Gasteiger partial charge in [-0.2, -0.15) is 11.8 Å². The number of piperidine rings is 1. The number of guanidine groups is 1. The van der Waals surface area contributed by atoms with Crippen molar-refractivity contribution in [1.82, 2.24) is 10.2 Å². The van der Waals surface area contributed by atoms with E-state index in [1.54, 1.807) is 0 Å². The fourth-order valence-corrected chi connectivity index (χ4v) is 5.34. The number of hydrogen-bond donors (Lipinski definition) is 1. The zero-order chi connectivity index (χ0) is 19.1. The molecule has 0 radical (unpaired) electrons. The van der Waals surface area contributed by atoms with E-state index in [2.05, 4.69) is 58.7 Å². The average molecular weight is 518 g/mol. The van der Waals surface area contributed by atoms with Crippen molar-refractivity contribution in [3.63, 3.8) is 0 Å². The largest absolute Gasteiger partial charge is 0.381 e. The van der Waals surface area contributed by atoms with E-state index in [0.717, 1.165) is 51.6 Å². The maximum absolute atomic E-state index is 5.58. The number of hydrogen-bond acceptors (Lipinski definition) is 3. The molecule has 2 unspecified atom stereocenters. The second-order valence-corrected chi connectivity index (χ2v) is 9.09. The molecule has 0 aliphatic carbocycles. The Kier molecular flexibility index (Phi) is 9.90. The highest BCUT2D eigenvalue weighted by molar-refractivity contribution is 14.0. The smallest absolute Gasteiger partial charge is 0.193 e. The Bertz CT molecular complexity index is 607. The average Bonchev–Trinajstić information content (AvgIpc) is 2.75. The number of nitrogens with zero attached hydrogens (tertiary/aromatic N) is 2. The molecule has 3 rings (SSSR count). The third-order valence-corrected chi connectivity index (χ3v) is 7.82. The highest BCUT2D eigenvalue weighted by Crippen LogP contribution is 2.35. The molecule has 2 aliphatic rings. The van der Waals surface area contributed by atoms with Gasteiger partial charge in [-0.05, 0) is 42.9 Å². The van der Waals surface area contributed by atoms with E-state index in [1.165, 1.54) is 18.4 Å². The lowest BCUT2D eigenvalue weighted by atomic mass is 9.79. The fourth-order valence-electron chi connectivity index (χ4n) is 4.55. The molecule has 6 heteroatoms. The first-order valence-corrected chi connectivity index (χ1v) is 11.6. The van der Waals surface area contributed by atoms with Crippen molar-refractivity contribution < 1.29 is 4.74 Å². The Hall–Kier alpha value is -0.470. The minimum atomic E-state index is 0. The number of benzene rings is 1. The van der Waals surface area contributed by atoms with Gasteiger partial charge in [-0.1, -0.05) is 43.7 Å². The Labute approximate surface area is 192 Å². The van der Waals surface area contributed by atoms with Gasteiger partial charge in [0.25, 0.3) is 0 Å². The van der Waals surface area contributed by atoms with Gasteiger partial charge in [-0.15, -0.1) is 24.0 Å². The second kappa shape index (κ2) is 11.6. The van der Waals surface area contributed by atoms with Crippen molar-refractivity contribution in [3.8, 4) is 0 Å². The van der Waals surface area contributed by atoms with E-state index in [1.807, 2.05) is 18.8 Å². The molecule has 2 aliphatic heterocycles. The van der Waals surface area contributed by atoms with Crippen molar-refractivity contribution in [2.24, 2.45) is 10.9 Å². The van der Waals surface area contributed by atoms with Crippen LogP contribution >= 0.6 is 35.7 Å². The summed E-state index contributed by atoms with van der Waals surface area (Å²) in [6.45, 7) is 7.21. The number of rotatable bonds is 5. The van der Waals surface area contributed by atoms with E-state index in [9.17, 15) is 0 Å². The zero-order valence-electron chi connectivity index (χ0n) is 17.5. The van der Waals surface area contributed by atoms with Crippen molar-refractivity contribution >= 4 is 41.7 Å². The summed E-state index contributed by atoms with van der Waals surface area (Å²) in [7, 11) is 1.92. The maximum atomic E-state index is 5.58. The molecule has 28 heavy (non-hydrogen) atoms. The quantitative estimate of drug-likeness (QED) is 0.352. The van der Waals surface area contributed by atoms with Gasteiger partial charge in [0, 0.05) is 44.6 Å². The van der Waals surface area contributed by atoms with E-state index in [-0.39, 0.29) is 28.7 Å². The number of ether oxygens (including phenoxy) is 1. The van der Waals surface area contributed by atoms with Crippen LogP contribution in [0.25, 0.3) is 0 Å². The highest BCUT2D eigenvalue weighted by atomic mass is 127. The SMILES string of the molecule is CCC1CN(C(=NC)NCC2(SC)CCOCC2)CCC1c1ccccc1.I. The van der Waals surface area contributed by atoms with Gasteiger partial charge >= 0.3 is 0 Å². The lowest BCUT2D eigenvalue weighted by Crippen LogP contribution is -2.52. The van der Waals surface area contributed by atoms with Crippen LogP contribution in [0, 0.1) is 5.92 Å². The highest BCUT2D eigenvalue weighted by Gasteiger charge is 2.34. The van der Waals surface area contributed by atoms with Crippen LogP contribution in [0.3, 0.4) is 0 Å². The van der Waals surface area contributed by atoms with Crippen molar-refractivity contribution in [1.29, 1.82) is 0 Å². The number of likely N-dealkylation sites (tertiary alicyclic amines) is 1. The van der Waals surface area contributed by atoms with Crippen LogP contribution in [0.15, 0.2) is 35.3 Å². The van der Waals surface area contributed by atoms with E-state index in [4.69, 9.17) is 4.74 Å². The third kappa shape index (κ3) is 5.79. The zero-order valence-corrected chi connectivity index (χ0v) is 20.7. The van der Waals surface area contributed by atoms with Gasteiger partial charge in [0.1, 0.15) is 0 Å². The molecule has 0 bridgehead atoms. The van der Waals surface area contributed by atoms with Crippen LogP contribution in [0.1, 0.15) is 44.1 Å². The number of halogens is 1. The van der Waals surface area contributed by atoms with Crippen molar-refractivity contribution in [2.75, 3.05) is 46.2 Å². The summed E-state index contributed by atoms with van der Waals surface area (Å²) >= 11 is 1.98. The number of thioether (sulfide) groups is 1. The van der Waals surface area contributed by atoms with Crippen LogP contribution in [-0.2, 0) is 4.74 Å². The molecule has 4 nitrogen and oxygen atoms in total. The summed E-state index contributed by atoms with van der Waals surface area (Å²) < 4.78 is 5.86. The molecular formula is C22H36IN3OS. The fraction of sp³-hybridized carbons (Fsp3) is 0.682. The van der Waals surface area contributed by atoms with Crippen LogP contribution in [0.2, 0.25) is 0 Å². The van der Waals surface area contributed by atoms with Gasteiger partial charge in [0.2, 0.25) is 0 Å².